The number of hydrogen-bond acceptors (Lipinski definition) is 6. The number of benzene rings is 3. The first-order valence-corrected chi connectivity index (χ1v) is 9.16. The average Bonchev–Trinajstić information content (AvgIpc) is 2.81. The SMILES string of the molecule is COc1cc(C#N)ccc1OCc1cccc(COc2ccc(C#N)cc2OC)c1. The van der Waals surface area contributed by atoms with Crippen LogP contribution >= 0.6 is 0 Å². The molecule has 0 atom stereocenters. The van der Waals surface area contributed by atoms with Crippen molar-refractivity contribution in [3.63, 3.8) is 0 Å². The minimum absolute atomic E-state index is 0.344. The summed E-state index contributed by atoms with van der Waals surface area (Å²) >= 11 is 0. The van der Waals surface area contributed by atoms with Crippen molar-refractivity contribution >= 4 is 0 Å². The normalized spacial score (nSPS) is 9.87. The first-order chi connectivity index (χ1) is 14.7. The molecule has 6 nitrogen and oxygen atoms in total. The summed E-state index contributed by atoms with van der Waals surface area (Å²) in [7, 11) is 3.08. The van der Waals surface area contributed by atoms with Crippen molar-refractivity contribution in [1.82, 2.24) is 0 Å². The van der Waals surface area contributed by atoms with E-state index < -0.39 is 0 Å². The van der Waals surface area contributed by atoms with Crippen molar-refractivity contribution in [2.75, 3.05) is 14.2 Å². The third-order valence-electron chi connectivity index (χ3n) is 4.37. The van der Waals surface area contributed by atoms with Crippen LogP contribution in [0.15, 0.2) is 60.7 Å². The van der Waals surface area contributed by atoms with Gasteiger partial charge >= 0.3 is 0 Å². The number of nitrogens with zero attached hydrogens (tertiary/aromatic N) is 2. The Morgan fingerprint density at radius 2 is 1.10 bits per heavy atom. The molecular weight excluding hydrogens is 380 g/mol. The van der Waals surface area contributed by atoms with Crippen LogP contribution in [0, 0.1) is 22.7 Å². The Labute approximate surface area is 175 Å². The quantitative estimate of drug-likeness (QED) is 0.549. The van der Waals surface area contributed by atoms with Gasteiger partial charge in [-0.1, -0.05) is 18.2 Å². The van der Waals surface area contributed by atoms with Gasteiger partial charge in [0.2, 0.25) is 0 Å². The second kappa shape index (κ2) is 9.86. The van der Waals surface area contributed by atoms with E-state index in [1.165, 1.54) is 0 Å². The molecular formula is C24H20N2O4. The Morgan fingerprint density at radius 1 is 0.633 bits per heavy atom. The standard InChI is InChI=1S/C24H20N2O4/c1-27-23-11-17(13-25)6-8-21(23)29-15-19-4-3-5-20(10-19)16-30-22-9-7-18(14-26)12-24(22)28-2/h3-12H,15-16H2,1-2H3. The number of nitriles is 2. The van der Waals surface area contributed by atoms with Crippen LogP contribution < -0.4 is 18.9 Å². The maximum atomic E-state index is 9.00. The molecule has 150 valence electrons. The van der Waals surface area contributed by atoms with Crippen LogP contribution in [0.4, 0.5) is 0 Å². The molecule has 0 N–H and O–H groups in total. The Kier molecular flexibility index (Phi) is 6.76. The van der Waals surface area contributed by atoms with Gasteiger partial charge in [-0.2, -0.15) is 10.5 Å². The lowest BCUT2D eigenvalue weighted by Gasteiger charge is -2.13. The van der Waals surface area contributed by atoms with Crippen LogP contribution in [0.3, 0.4) is 0 Å². The first kappa shape index (κ1) is 20.6. The highest BCUT2D eigenvalue weighted by atomic mass is 16.5. The molecule has 3 aromatic rings. The lowest BCUT2D eigenvalue weighted by atomic mass is 10.1. The van der Waals surface area contributed by atoms with E-state index in [-0.39, 0.29) is 0 Å². The van der Waals surface area contributed by atoms with Crippen LogP contribution in [0.2, 0.25) is 0 Å². The zero-order valence-electron chi connectivity index (χ0n) is 16.7. The number of ether oxygens (including phenoxy) is 4. The van der Waals surface area contributed by atoms with Gasteiger partial charge in [0, 0.05) is 12.1 Å². The molecule has 0 aliphatic heterocycles. The van der Waals surface area contributed by atoms with Crippen molar-refractivity contribution < 1.29 is 18.9 Å². The van der Waals surface area contributed by atoms with Gasteiger partial charge in [-0.15, -0.1) is 0 Å². The maximum Gasteiger partial charge on any atom is 0.162 e. The average molecular weight is 400 g/mol. The summed E-state index contributed by atoms with van der Waals surface area (Å²) in [6, 6.07) is 22.1. The van der Waals surface area contributed by atoms with Gasteiger partial charge in [-0.05, 0) is 41.5 Å². The van der Waals surface area contributed by atoms with Gasteiger partial charge in [-0.25, -0.2) is 0 Å². The van der Waals surface area contributed by atoms with Crippen LogP contribution in [-0.4, -0.2) is 14.2 Å². The summed E-state index contributed by atoms with van der Waals surface area (Å²) in [6.07, 6.45) is 0. The third kappa shape index (κ3) is 5.01. The van der Waals surface area contributed by atoms with E-state index in [0.717, 1.165) is 11.1 Å². The molecule has 0 radical (unpaired) electrons. The fourth-order valence-corrected chi connectivity index (χ4v) is 2.84. The van der Waals surface area contributed by atoms with Crippen LogP contribution in [0.5, 0.6) is 23.0 Å². The molecule has 0 fully saturated rings. The second-order valence-electron chi connectivity index (χ2n) is 6.35. The zero-order chi connectivity index (χ0) is 21.3. The highest BCUT2D eigenvalue weighted by Crippen LogP contribution is 2.30. The Bertz CT molecular complexity index is 1030. The molecule has 0 spiro atoms. The molecule has 0 heterocycles. The predicted octanol–water partition coefficient (Wildman–Crippen LogP) is 4.61. The predicted molar refractivity (Wildman–Crippen MR) is 111 cm³/mol. The largest absolute Gasteiger partial charge is 0.493 e. The van der Waals surface area contributed by atoms with Crippen molar-refractivity contribution in [2.24, 2.45) is 0 Å². The zero-order valence-corrected chi connectivity index (χ0v) is 16.7. The Morgan fingerprint density at radius 3 is 1.50 bits per heavy atom. The lowest BCUT2D eigenvalue weighted by Crippen LogP contribution is -2.01. The van der Waals surface area contributed by atoms with Gasteiger partial charge in [0.05, 0.1) is 37.5 Å². The van der Waals surface area contributed by atoms with Crippen LogP contribution in [0.1, 0.15) is 22.3 Å². The number of methoxy groups -OCH3 is 2. The molecule has 0 aliphatic rings. The van der Waals surface area contributed by atoms with E-state index in [4.69, 9.17) is 29.5 Å². The van der Waals surface area contributed by atoms with Gasteiger partial charge in [0.25, 0.3) is 0 Å². The van der Waals surface area contributed by atoms with E-state index in [0.29, 0.717) is 47.3 Å². The van der Waals surface area contributed by atoms with Crippen molar-refractivity contribution in [1.29, 1.82) is 10.5 Å². The second-order valence-corrected chi connectivity index (χ2v) is 6.35. The summed E-state index contributed by atoms with van der Waals surface area (Å²) in [6.45, 7) is 0.687. The van der Waals surface area contributed by atoms with E-state index in [1.54, 1.807) is 50.6 Å². The Hall–Kier alpha value is -4.16. The molecule has 6 heteroatoms. The molecule has 30 heavy (non-hydrogen) atoms. The van der Waals surface area contributed by atoms with Gasteiger partial charge in [-0.3, -0.25) is 0 Å². The first-order valence-electron chi connectivity index (χ1n) is 9.16. The number of rotatable bonds is 8. The minimum atomic E-state index is 0.344. The summed E-state index contributed by atoms with van der Waals surface area (Å²) < 4.78 is 22.3. The molecule has 0 amide bonds. The topological polar surface area (TPSA) is 84.5 Å². The number of hydrogen-bond donors (Lipinski definition) is 0. The van der Waals surface area contributed by atoms with Crippen LogP contribution in [-0.2, 0) is 13.2 Å². The van der Waals surface area contributed by atoms with Crippen molar-refractivity contribution in [3.05, 3.63) is 82.9 Å². The van der Waals surface area contributed by atoms with Gasteiger partial charge in [0.1, 0.15) is 13.2 Å². The summed E-state index contributed by atoms with van der Waals surface area (Å²) in [5.74, 6) is 2.17. The molecule has 0 aliphatic carbocycles. The minimum Gasteiger partial charge on any atom is -0.493 e. The van der Waals surface area contributed by atoms with Gasteiger partial charge in [0.15, 0.2) is 23.0 Å². The van der Waals surface area contributed by atoms with E-state index >= 15 is 0 Å². The van der Waals surface area contributed by atoms with Crippen LogP contribution in [0.25, 0.3) is 0 Å². The fraction of sp³-hybridized carbons (Fsp3) is 0.167. The van der Waals surface area contributed by atoms with Gasteiger partial charge < -0.3 is 18.9 Å². The smallest absolute Gasteiger partial charge is 0.162 e. The molecule has 0 unspecified atom stereocenters. The van der Waals surface area contributed by atoms with E-state index in [1.807, 2.05) is 24.3 Å². The van der Waals surface area contributed by atoms with Crippen molar-refractivity contribution in [3.8, 4) is 35.1 Å². The summed E-state index contributed by atoms with van der Waals surface area (Å²) in [5, 5.41) is 18.0. The lowest BCUT2D eigenvalue weighted by molar-refractivity contribution is 0.279. The Balaban J connectivity index is 1.66. The maximum absolute atomic E-state index is 9.00. The molecule has 0 aromatic heterocycles. The molecule has 0 saturated carbocycles. The van der Waals surface area contributed by atoms with Crippen molar-refractivity contribution in [2.45, 2.75) is 13.2 Å². The third-order valence-corrected chi connectivity index (χ3v) is 4.37. The molecule has 3 rings (SSSR count). The molecule has 0 bridgehead atoms. The monoisotopic (exact) mass is 400 g/mol. The highest BCUT2D eigenvalue weighted by molar-refractivity contribution is 5.47. The molecule has 3 aromatic carbocycles. The highest BCUT2D eigenvalue weighted by Gasteiger charge is 2.08. The van der Waals surface area contributed by atoms with E-state index in [2.05, 4.69) is 12.1 Å². The summed E-state index contributed by atoms with van der Waals surface area (Å²) in [5.41, 5.74) is 2.96. The summed E-state index contributed by atoms with van der Waals surface area (Å²) in [4.78, 5) is 0. The molecule has 0 saturated heterocycles. The fourth-order valence-electron chi connectivity index (χ4n) is 2.84. The van der Waals surface area contributed by atoms with E-state index in [9.17, 15) is 0 Å².